The molecule has 2 N–H and O–H groups in total. The van der Waals surface area contributed by atoms with Crippen LogP contribution in [0.4, 0.5) is 0 Å². The van der Waals surface area contributed by atoms with E-state index < -0.39 is 11.9 Å². The number of ether oxygens (including phenoxy) is 1. The maximum Gasteiger partial charge on any atom is 0.308 e. The van der Waals surface area contributed by atoms with Gasteiger partial charge in [-0.3, -0.25) is 9.59 Å². The summed E-state index contributed by atoms with van der Waals surface area (Å²) in [5.41, 5.74) is 2.91. The van der Waals surface area contributed by atoms with Crippen LogP contribution in [-0.4, -0.2) is 23.2 Å². The molecule has 7 heteroatoms. The van der Waals surface area contributed by atoms with Gasteiger partial charge in [-0.15, -0.1) is 0 Å². The van der Waals surface area contributed by atoms with Crippen LogP contribution in [0.3, 0.4) is 0 Å². The van der Waals surface area contributed by atoms with E-state index >= 15 is 0 Å². The number of aryl methyl sites for hydroxylation is 1. The number of hydrogen-bond acceptors (Lipinski definition) is 5. The van der Waals surface area contributed by atoms with Crippen molar-refractivity contribution >= 4 is 29.1 Å². The lowest BCUT2D eigenvalue weighted by Gasteiger charge is -2.35. The number of carbonyl (C=O) groups is 1. The minimum atomic E-state index is -0.870. The maximum absolute atomic E-state index is 12.4. The minimum Gasteiger partial charge on any atom is -0.497 e. The van der Waals surface area contributed by atoms with Crippen molar-refractivity contribution in [2.24, 2.45) is 5.92 Å². The fourth-order valence-corrected chi connectivity index (χ4v) is 6.23. The van der Waals surface area contributed by atoms with Gasteiger partial charge in [-0.05, 0) is 30.2 Å². The lowest BCUT2D eigenvalue weighted by atomic mass is 9.80. The van der Waals surface area contributed by atoms with Crippen molar-refractivity contribution in [2.75, 3.05) is 7.11 Å². The highest BCUT2D eigenvalue weighted by Gasteiger charge is 2.45. The van der Waals surface area contributed by atoms with E-state index in [1.165, 1.54) is 11.8 Å². The molecule has 0 amide bonds. The third-order valence-electron chi connectivity index (χ3n) is 5.02. The van der Waals surface area contributed by atoms with Crippen molar-refractivity contribution in [3.05, 3.63) is 79.8 Å². The monoisotopic (exact) mass is 413 g/mol. The molecule has 1 aliphatic heterocycles. The average Bonchev–Trinajstić information content (AvgIpc) is 3.07. The van der Waals surface area contributed by atoms with Crippen molar-refractivity contribution in [1.29, 1.82) is 0 Å². The lowest BCUT2D eigenvalue weighted by Crippen LogP contribution is -2.30. The quantitative estimate of drug-likeness (QED) is 0.661. The van der Waals surface area contributed by atoms with E-state index in [2.05, 4.69) is 4.98 Å². The summed E-state index contributed by atoms with van der Waals surface area (Å²) in [5, 5.41) is 10.6. The van der Waals surface area contributed by atoms with Gasteiger partial charge in [-0.2, -0.15) is 0 Å². The Kier molecular flexibility index (Phi) is 5.03. The van der Waals surface area contributed by atoms with Gasteiger partial charge in [0.2, 0.25) is 0 Å². The largest absolute Gasteiger partial charge is 0.497 e. The third kappa shape index (κ3) is 3.36. The summed E-state index contributed by atoms with van der Waals surface area (Å²) >= 11 is 2.52. The molecule has 0 aliphatic carbocycles. The summed E-state index contributed by atoms with van der Waals surface area (Å²) in [4.78, 5) is 28.0. The molecule has 144 valence electrons. The highest BCUT2D eigenvalue weighted by molar-refractivity contribution is 7.99. The predicted octanol–water partition coefficient (Wildman–Crippen LogP) is 4.43. The first-order valence-electron chi connectivity index (χ1n) is 8.81. The molecule has 28 heavy (non-hydrogen) atoms. The SMILES string of the molecule is COc1ccc([C@H]2Sc3[nH]c(=O)sc3[C@@H](c3ccc(C)cc3)[C@@H]2C(=O)O)cc1. The molecule has 4 rings (SSSR count). The van der Waals surface area contributed by atoms with E-state index in [1.54, 1.807) is 7.11 Å². The number of carboxylic acids is 1. The molecule has 0 unspecified atom stereocenters. The van der Waals surface area contributed by atoms with Gasteiger partial charge < -0.3 is 14.8 Å². The number of nitrogens with one attached hydrogen (secondary N) is 1. The van der Waals surface area contributed by atoms with E-state index in [0.29, 0.717) is 0 Å². The number of H-pyrrole nitrogens is 1. The van der Waals surface area contributed by atoms with Crippen LogP contribution in [0.5, 0.6) is 5.75 Å². The Hall–Kier alpha value is -2.51. The van der Waals surface area contributed by atoms with E-state index in [0.717, 1.165) is 43.7 Å². The van der Waals surface area contributed by atoms with Gasteiger partial charge in [-0.1, -0.05) is 65.1 Å². The van der Waals surface area contributed by atoms with Crippen LogP contribution in [0.2, 0.25) is 0 Å². The Labute approximate surface area is 170 Å². The number of hydrogen-bond donors (Lipinski definition) is 2. The zero-order valence-electron chi connectivity index (χ0n) is 15.3. The highest BCUT2D eigenvalue weighted by Crippen LogP contribution is 2.55. The summed E-state index contributed by atoms with van der Waals surface area (Å²) in [6, 6.07) is 15.3. The minimum absolute atomic E-state index is 0.158. The fourth-order valence-electron chi connectivity index (χ4n) is 3.63. The zero-order valence-corrected chi connectivity index (χ0v) is 17.0. The number of aromatic nitrogens is 1. The van der Waals surface area contributed by atoms with Crippen LogP contribution in [-0.2, 0) is 4.79 Å². The number of carboxylic acid groups (broad SMARTS) is 1. The van der Waals surface area contributed by atoms with Gasteiger partial charge in [0, 0.05) is 10.8 Å². The van der Waals surface area contributed by atoms with Crippen molar-refractivity contribution in [2.45, 2.75) is 23.1 Å². The number of aliphatic carboxylic acids is 1. The summed E-state index contributed by atoms with van der Waals surface area (Å²) in [5.74, 6) is -1.23. The van der Waals surface area contributed by atoms with Crippen LogP contribution in [0, 0.1) is 12.8 Å². The smallest absolute Gasteiger partial charge is 0.308 e. The molecule has 1 aliphatic rings. The molecule has 0 fully saturated rings. The molecular formula is C21H19NO4S2. The number of methoxy groups -OCH3 is 1. The second-order valence-electron chi connectivity index (χ2n) is 6.77. The number of benzene rings is 2. The molecule has 5 nitrogen and oxygen atoms in total. The first-order valence-corrected chi connectivity index (χ1v) is 10.5. The Morgan fingerprint density at radius 2 is 1.71 bits per heavy atom. The Morgan fingerprint density at radius 3 is 2.32 bits per heavy atom. The second-order valence-corrected chi connectivity index (χ2v) is 8.94. The van der Waals surface area contributed by atoms with E-state index in [4.69, 9.17) is 4.74 Å². The molecule has 1 aromatic heterocycles. The molecular weight excluding hydrogens is 394 g/mol. The van der Waals surface area contributed by atoms with Gasteiger partial charge in [-0.25, -0.2) is 0 Å². The Balaban J connectivity index is 1.87. The molecule has 0 bridgehead atoms. The molecule has 0 saturated carbocycles. The van der Waals surface area contributed by atoms with Gasteiger partial charge in [0.05, 0.1) is 23.3 Å². The standard InChI is InChI=1S/C21H19NO4S2/c1-11-3-5-12(6-4-11)15-16(20(23)24)17(13-7-9-14(26-2)10-8-13)27-19-18(15)28-21(25)22-19/h3-10,15-17H,1-2H3,(H,22,25)(H,23,24)/t15-,16-,17+/m0/s1. The molecule has 3 atom stereocenters. The second kappa shape index (κ2) is 7.48. The van der Waals surface area contributed by atoms with Gasteiger partial charge in [0.15, 0.2) is 0 Å². The average molecular weight is 414 g/mol. The molecule has 3 aromatic rings. The molecule has 0 spiro atoms. The van der Waals surface area contributed by atoms with E-state index in [-0.39, 0.29) is 16.0 Å². The van der Waals surface area contributed by atoms with E-state index in [1.807, 2.05) is 55.5 Å². The summed E-state index contributed by atoms with van der Waals surface area (Å²) in [6.45, 7) is 2.00. The Morgan fingerprint density at radius 1 is 1.07 bits per heavy atom. The van der Waals surface area contributed by atoms with Crippen molar-refractivity contribution in [3.8, 4) is 5.75 Å². The first-order chi connectivity index (χ1) is 13.5. The Bertz CT molecular complexity index is 1050. The van der Waals surface area contributed by atoms with Crippen LogP contribution in [0.25, 0.3) is 0 Å². The van der Waals surface area contributed by atoms with Crippen molar-refractivity contribution in [3.63, 3.8) is 0 Å². The molecule has 0 radical (unpaired) electrons. The number of aromatic amines is 1. The van der Waals surface area contributed by atoms with E-state index in [9.17, 15) is 14.7 Å². The van der Waals surface area contributed by atoms with Gasteiger partial charge in [0.1, 0.15) is 5.75 Å². The molecule has 2 heterocycles. The summed E-state index contributed by atoms with van der Waals surface area (Å²) < 4.78 is 5.22. The van der Waals surface area contributed by atoms with Crippen LogP contribution < -0.4 is 9.61 Å². The molecule has 2 aromatic carbocycles. The zero-order chi connectivity index (χ0) is 19.8. The topological polar surface area (TPSA) is 79.4 Å². The summed E-state index contributed by atoms with van der Waals surface area (Å²) in [6.07, 6.45) is 0. The fraction of sp³-hybridized carbons (Fsp3) is 0.238. The van der Waals surface area contributed by atoms with Crippen LogP contribution in [0.1, 0.15) is 32.7 Å². The maximum atomic E-state index is 12.4. The predicted molar refractivity (Wildman–Crippen MR) is 111 cm³/mol. The number of thiazole rings is 1. The normalized spacial score (nSPS) is 21.1. The van der Waals surface area contributed by atoms with Crippen LogP contribution in [0.15, 0.2) is 58.4 Å². The lowest BCUT2D eigenvalue weighted by molar-refractivity contribution is -0.142. The highest BCUT2D eigenvalue weighted by atomic mass is 32.2. The van der Waals surface area contributed by atoms with Crippen LogP contribution >= 0.6 is 23.1 Å². The van der Waals surface area contributed by atoms with Gasteiger partial charge >= 0.3 is 10.8 Å². The first kappa shape index (κ1) is 18.8. The molecule has 0 saturated heterocycles. The summed E-state index contributed by atoms with van der Waals surface area (Å²) in [7, 11) is 1.60. The third-order valence-corrected chi connectivity index (χ3v) is 7.49. The van der Waals surface area contributed by atoms with Crippen molar-refractivity contribution < 1.29 is 14.6 Å². The van der Waals surface area contributed by atoms with Crippen molar-refractivity contribution in [1.82, 2.24) is 4.98 Å². The number of rotatable bonds is 4. The van der Waals surface area contributed by atoms with Gasteiger partial charge in [0.25, 0.3) is 0 Å². The number of thioether (sulfide) groups is 1. The number of fused-ring (bicyclic) bond motifs is 1.